The van der Waals surface area contributed by atoms with E-state index in [2.05, 4.69) is 10.0 Å². The lowest BCUT2D eigenvalue weighted by molar-refractivity contribution is 0.102. The van der Waals surface area contributed by atoms with E-state index < -0.39 is 10.0 Å². The maximum absolute atomic E-state index is 12.7. The number of hydrogen-bond donors (Lipinski definition) is 2. The average Bonchev–Trinajstić information content (AvgIpc) is 2.64. The van der Waals surface area contributed by atoms with E-state index in [0.29, 0.717) is 5.69 Å². The molecular weight excluding hydrogens is 360 g/mol. The van der Waals surface area contributed by atoms with Crippen molar-refractivity contribution in [2.45, 2.75) is 18.7 Å². The van der Waals surface area contributed by atoms with E-state index in [9.17, 15) is 13.2 Å². The van der Waals surface area contributed by atoms with Crippen molar-refractivity contribution in [3.63, 3.8) is 0 Å². The fourth-order valence-electron chi connectivity index (χ4n) is 2.59. The molecule has 2 N–H and O–H groups in total. The van der Waals surface area contributed by atoms with E-state index in [1.807, 2.05) is 32.0 Å². The van der Waals surface area contributed by atoms with E-state index in [1.54, 1.807) is 42.5 Å². The molecule has 0 heterocycles. The predicted octanol–water partition coefficient (Wildman–Crippen LogP) is 4.36. The average molecular weight is 380 g/mol. The SMILES string of the molecule is Cc1ccc(S(=O)(=O)Nc2ccccc2C(=O)Nc2ccccc2C)cc1. The number of anilines is 2. The largest absolute Gasteiger partial charge is 0.322 e. The second kappa shape index (κ2) is 7.63. The topological polar surface area (TPSA) is 75.3 Å². The van der Waals surface area contributed by atoms with Gasteiger partial charge in [0.15, 0.2) is 0 Å². The predicted molar refractivity (Wildman–Crippen MR) is 108 cm³/mol. The number of carbonyl (C=O) groups is 1. The summed E-state index contributed by atoms with van der Waals surface area (Å²) in [7, 11) is -3.80. The van der Waals surface area contributed by atoms with Gasteiger partial charge in [0.1, 0.15) is 0 Å². The maximum Gasteiger partial charge on any atom is 0.261 e. The number of sulfonamides is 1. The molecule has 0 atom stereocenters. The Morgan fingerprint density at radius 3 is 2.04 bits per heavy atom. The Kier molecular flexibility index (Phi) is 5.28. The van der Waals surface area contributed by atoms with E-state index in [1.165, 1.54) is 12.1 Å². The van der Waals surface area contributed by atoms with Gasteiger partial charge >= 0.3 is 0 Å². The lowest BCUT2D eigenvalue weighted by atomic mass is 10.1. The van der Waals surface area contributed by atoms with Gasteiger partial charge in [0.2, 0.25) is 0 Å². The quantitative estimate of drug-likeness (QED) is 0.691. The molecule has 0 fully saturated rings. The molecule has 0 saturated heterocycles. The first-order valence-corrected chi connectivity index (χ1v) is 9.90. The molecule has 0 radical (unpaired) electrons. The third-order valence-corrected chi connectivity index (χ3v) is 5.52. The first kappa shape index (κ1) is 18.7. The van der Waals surface area contributed by atoms with Crippen molar-refractivity contribution in [3.05, 3.63) is 89.5 Å². The molecule has 3 aromatic carbocycles. The molecule has 6 heteroatoms. The fraction of sp³-hybridized carbons (Fsp3) is 0.0952. The highest BCUT2D eigenvalue weighted by Crippen LogP contribution is 2.22. The molecule has 0 saturated carbocycles. The normalized spacial score (nSPS) is 11.0. The molecule has 5 nitrogen and oxygen atoms in total. The number of hydrogen-bond acceptors (Lipinski definition) is 3. The number of benzene rings is 3. The van der Waals surface area contributed by atoms with Gasteiger partial charge in [-0.15, -0.1) is 0 Å². The van der Waals surface area contributed by atoms with Crippen LogP contribution in [0.2, 0.25) is 0 Å². The summed E-state index contributed by atoms with van der Waals surface area (Å²) in [6.07, 6.45) is 0. The van der Waals surface area contributed by atoms with E-state index in [0.717, 1.165) is 11.1 Å². The zero-order valence-electron chi connectivity index (χ0n) is 15.1. The second-order valence-electron chi connectivity index (χ2n) is 6.23. The molecule has 1 amide bonds. The highest BCUT2D eigenvalue weighted by Gasteiger charge is 2.18. The Hall–Kier alpha value is -3.12. The summed E-state index contributed by atoms with van der Waals surface area (Å²) in [4.78, 5) is 12.8. The van der Waals surface area contributed by atoms with Gasteiger partial charge in [0, 0.05) is 5.69 Å². The summed E-state index contributed by atoms with van der Waals surface area (Å²) in [5, 5.41) is 2.83. The molecular formula is C21H20N2O3S. The van der Waals surface area contributed by atoms with E-state index >= 15 is 0 Å². The standard InChI is InChI=1S/C21H20N2O3S/c1-15-11-13-17(14-12-15)27(25,26)23-20-10-6-4-8-18(20)21(24)22-19-9-5-3-7-16(19)2/h3-14,23H,1-2H3,(H,22,24). The van der Waals surface area contributed by atoms with Crippen LogP contribution in [-0.4, -0.2) is 14.3 Å². The molecule has 138 valence electrons. The van der Waals surface area contributed by atoms with Crippen LogP contribution < -0.4 is 10.0 Å². The van der Waals surface area contributed by atoms with Crippen LogP contribution in [-0.2, 0) is 10.0 Å². The van der Waals surface area contributed by atoms with E-state index in [4.69, 9.17) is 0 Å². The Bertz CT molecular complexity index is 1070. The first-order chi connectivity index (χ1) is 12.9. The Morgan fingerprint density at radius 1 is 0.778 bits per heavy atom. The van der Waals surface area contributed by atoms with Crippen LogP contribution in [0.3, 0.4) is 0 Å². The van der Waals surface area contributed by atoms with Gasteiger partial charge < -0.3 is 5.32 Å². The Morgan fingerprint density at radius 2 is 1.37 bits per heavy atom. The van der Waals surface area contributed by atoms with Gasteiger partial charge in [0.05, 0.1) is 16.1 Å². The molecule has 27 heavy (non-hydrogen) atoms. The minimum Gasteiger partial charge on any atom is -0.322 e. The highest BCUT2D eigenvalue weighted by atomic mass is 32.2. The van der Waals surface area contributed by atoms with Crippen LogP contribution in [0.15, 0.2) is 77.7 Å². The van der Waals surface area contributed by atoms with Crippen LogP contribution in [0, 0.1) is 13.8 Å². The van der Waals surface area contributed by atoms with Crippen LogP contribution >= 0.6 is 0 Å². The fourth-order valence-corrected chi connectivity index (χ4v) is 3.67. The maximum atomic E-state index is 12.7. The summed E-state index contributed by atoms with van der Waals surface area (Å²) in [6, 6.07) is 20.4. The zero-order chi connectivity index (χ0) is 19.4. The lowest BCUT2D eigenvalue weighted by Crippen LogP contribution is -2.19. The van der Waals surface area contributed by atoms with Crippen molar-refractivity contribution < 1.29 is 13.2 Å². The van der Waals surface area contributed by atoms with Gasteiger partial charge in [-0.25, -0.2) is 8.42 Å². The molecule has 0 unspecified atom stereocenters. The van der Waals surface area contributed by atoms with Crippen LogP contribution in [0.25, 0.3) is 0 Å². The van der Waals surface area contributed by atoms with Gasteiger partial charge in [-0.05, 0) is 49.7 Å². The molecule has 3 rings (SSSR count). The lowest BCUT2D eigenvalue weighted by Gasteiger charge is -2.14. The number of amides is 1. The smallest absolute Gasteiger partial charge is 0.261 e. The van der Waals surface area contributed by atoms with Crippen molar-refractivity contribution in [1.82, 2.24) is 0 Å². The van der Waals surface area contributed by atoms with Crippen LogP contribution in [0.5, 0.6) is 0 Å². The van der Waals surface area contributed by atoms with Crippen LogP contribution in [0.4, 0.5) is 11.4 Å². The van der Waals surface area contributed by atoms with Crippen molar-refractivity contribution in [2.24, 2.45) is 0 Å². The zero-order valence-corrected chi connectivity index (χ0v) is 15.9. The number of rotatable bonds is 5. The number of nitrogens with one attached hydrogen (secondary N) is 2. The minimum atomic E-state index is -3.80. The summed E-state index contributed by atoms with van der Waals surface area (Å²) >= 11 is 0. The van der Waals surface area contributed by atoms with Gasteiger partial charge in [-0.3, -0.25) is 9.52 Å². The van der Waals surface area contributed by atoms with Gasteiger partial charge in [-0.2, -0.15) is 0 Å². The van der Waals surface area contributed by atoms with Crippen molar-refractivity contribution in [1.29, 1.82) is 0 Å². The molecule has 0 aliphatic rings. The van der Waals surface area contributed by atoms with Gasteiger partial charge in [-0.1, -0.05) is 48.0 Å². The number of aryl methyl sites for hydroxylation is 2. The van der Waals surface area contributed by atoms with Crippen LogP contribution in [0.1, 0.15) is 21.5 Å². The summed E-state index contributed by atoms with van der Waals surface area (Å²) in [5.41, 5.74) is 3.04. The third kappa shape index (κ3) is 4.35. The highest BCUT2D eigenvalue weighted by molar-refractivity contribution is 7.92. The number of para-hydroxylation sites is 2. The van der Waals surface area contributed by atoms with Crippen molar-refractivity contribution in [3.8, 4) is 0 Å². The second-order valence-corrected chi connectivity index (χ2v) is 7.92. The third-order valence-electron chi connectivity index (χ3n) is 4.14. The molecule has 0 spiro atoms. The van der Waals surface area contributed by atoms with E-state index in [-0.39, 0.29) is 22.1 Å². The summed E-state index contributed by atoms with van der Waals surface area (Å²) in [6.45, 7) is 3.77. The van der Waals surface area contributed by atoms with Gasteiger partial charge in [0.25, 0.3) is 15.9 Å². The molecule has 3 aromatic rings. The summed E-state index contributed by atoms with van der Waals surface area (Å²) < 4.78 is 27.8. The van der Waals surface area contributed by atoms with Crippen molar-refractivity contribution >= 4 is 27.3 Å². The Labute approximate surface area is 159 Å². The summed E-state index contributed by atoms with van der Waals surface area (Å²) in [5.74, 6) is -0.383. The first-order valence-electron chi connectivity index (χ1n) is 8.42. The minimum absolute atomic E-state index is 0.141. The number of carbonyl (C=O) groups excluding carboxylic acids is 1. The molecule has 0 aliphatic heterocycles. The van der Waals surface area contributed by atoms with Crippen molar-refractivity contribution in [2.75, 3.05) is 10.0 Å². The molecule has 0 aliphatic carbocycles. The molecule has 0 aromatic heterocycles. The Balaban J connectivity index is 1.89. The molecule has 0 bridgehead atoms. The monoisotopic (exact) mass is 380 g/mol.